The van der Waals surface area contributed by atoms with Crippen LogP contribution in [0, 0.1) is 0 Å². The second kappa shape index (κ2) is 9.06. The van der Waals surface area contributed by atoms with E-state index in [9.17, 15) is 4.79 Å². The van der Waals surface area contributed by atoms with Crippen molar-refractivity contribution < 1.29 is 4.79 Å². The SMILES string of the molecule is O=C(CP(Cl)(c1ccccc1)(c1ccccc1)c1ccccc1)NCc1ccccc1. The molecule has 156 valence electrons. The Morgan fingerprint density at radius 1 is 0.613 bits per heavy atom. The van der Waals surface area contributed by atoms with Crippen LogP contribution >= 0.6 is 17.2 Å². The molecule has 1 amide bonds. The number of carbonyl (C=O) groups excluding carboxylic acids is 1. The molecular weight excluding hydrogens is 421 g/mol. The van der Waals surface area contributed by atoms with E-state index in [2.05, 4.69) is 41.7 Å². The molecule has 4 rings (SSSR count). The first kappa shape index (κ1) is 21.3. The summed E-state index contributed by atoms with van der Waals surface area (Å²) in [6.45, 7) is 0.474. The van der Waals surface area contributed by atoms with Crippen LogP contribution in [0.5, 0.6) is 0 Å². The summed E-state index contributed by atoms with van der Waals surface area (Å²) in [5.74, 6) is -3.64. The Labute approximate surface area is 188 Å². The van der Waals surface area contributed by atoms with Gasteiger partial charge in [0.2, 0.25) is 0 Å². The molecule has 4 aromatic carbocycles. The summed E-state index contributed by atoms with van der Waals surface area (Å²) in [6, 6.07) is 40.1. The van der Waals surface area contributed by atoms with Crippen molar-refractivity contribution in [1.29, 1.82) is 0 Å². The standard InChI is InChI=1S/C27H25ClNOP/c28-31(24-15-7-2-8-16-24,25-17-9-3-10-18-25,26-19-11-4-12-20-26)22-27(30)29-21-23-13-5-1-6-14-23/h1-20H,21-22H2,(H,29,30). The first-order chi connectivity index (χ1) is 15.1. The Bertz CT molecular complexity index is 1040. The van der Waals surface area contributed by atoms with Crippen LogP contribution in [0.2, 0.25) is 0 Å². The summed E-state index contributed by atoms with van der Waals surface area (Å²) in [7, 11) is 0. The normalized spacial score (nSPS) is 12.5. The molecule has 0 heterocycles. The predicted octanol–water partition coefficient (Wildman–Crippen LogP) is 4.99. The van der Waals surface area contributed by atoms with Gasteiger partial charge in [0.15, 0.2) is 0 Å². The number of halogens is 1. The Kier molecular flexibility index (Phi) is 6.23. The molecule has 0 aliphatic carbocycles. The topological polar surface area (TPSA) is 29.1 Å². The van der Waals surface area contributed by atoms with Crippen molar-refractivity contribution in [2.45, 2.75) is 6.54 Å². The average Bonchev–Trinajstić information content (AvgIpc) is 2.85. The average molecular weight is 446 g/mol. The molecule has 1 N–H and O–H groups in total. The molecule has 0 aromatic heterocycles. The van der Waals surface area contributed by atoms with Crippen LogP contribution in [0.3, 0.4) is 0 Å². The second-order valence-corrected chi connectivity index (χ2v) is 14.1. The van der Waals surface area contributed by atoms with Gasteiger partial charge < -0.3 is 0 Å². The van der Waals surface area contributed by atoms with Gasteiger partial charge in [0.05, 0.1) is 0 Å². The molecule has 0 atom stereocenters. The van der Waals surface area contributed by atoms with Crippen molar-refractivity contribution in [1.82, 2.24) is 5.32 Å². The molecule has 0 bridgehead atoms. The quantitative estimate of drug-likeness (QED) is 0.399. The Balaban J connectivity index is 1.83. The van der Waals surface area contributed by atoms with Crippen molar-refractivity contribution in [2.24, 2.45) is 0 Å². The Morgan fingerprint density at radius 2 is 0.968 bits per heavy atom. The molecule has 4 aromatic rings. The van der Waals surface area contributed by atoms with Gasteiger partial charge in [0.25, 0.3) is 0 Å². The van der Waals surface area contributed by atoms with Gasteiger partial charge >= 0.3 is 189 Å². The van der Waals surface area contributed by atoms with Gasteiger partial charge in [0.1, 0.15) is 0 Å². The van der Waals surface area contributed by atoms with E-state index in [0.717, 1.165) is 21.5 Å². The summed E-state index contributed by atoms with van der Waals surface area (Å²) >= 11 is 7.92. The van der Waals surface area contributed by atoms with E-state index in [-0.39, 0.29) is 12.1 Å². The van der Waals surface area contributed by atoms with Gasteiger partial charge in [-0.15, -0.1) is 0 Å². The summed E-state index contributed by atoms with van der Waals surface area (Å²) in [5, 5.41) is 6.06. The van der Waals surface area contributed by atoms with Crippen LogP contribution in [0.4, 0.5) is 0 Å². The zero-order valence-corrected chi connectivity index (χ0v) is 18.8. The second-order valence-electron chi connectivity index (χ2n) is 7.61. The van der Waals surface area contributed by atoms with E-state index in [1.165, 1.54) is 0 Å². The summed E-state index contributed by atoms with van der Waals surface area (Å²) < 4.78 is 0. The predicted molar refractivity (Wildman–Crippen MR) is 134 cm³/mol. The zero-order chi connectivity index (χ0) is 21.6. The van der Waals surface area contributed by atoms with E-state index in [0.29, 0.717) is 6.54 Å². The number of hydrogen-bond acceptors (Lipinski definition) is 1. The van der Waals surface area contributed by atoms with Gasteiger partial charge in [-0.1, -0.05) is 0 Å². The number of nitrogens with one attached hydrogen (secondary N) is 1. The van der Waals surface area contributed by atoms with E-state index >= 15 is 0 Å². The van der Waals surface area contributed by atoms with Gasteiger partial charge in [-0.3, -0.25) is 0 Å². The van der Waals surface area contributed by atoms with E-state index < -0.39 is 5.96 Å². The number of benzene rings is 4. The molecule has 0 aliphatic heterocycles. The fourth-order valence-electron chi connectivity index (χ4n) is 4.06. The molecular formula is C27H25ClNOP. The third kappa shape index (κ3) is 4.14. The number of amides is 1. The van der Waals surface area contributed by atoms with Gasteiger partial charge in [-0.2, -0.15) is 0 Å². The molecule has 0 spiro atoms. The fourth-order valence-corrected chi connectivity index (χ4v) is 9.87. The van der Waals surface area contributed by atoms with Crippen LogP contribution in [0.1, 0.15) is 5.56 Å². The minimum atomic E-state index is -3.58. The molecule has 0 saturated carbocycles. The molecule has 0 unspecified atom stereocenters. The molecule has 0 radical (unpaired) electrons. The van der Waals surface area contributed by atoms with E-state index in [1.807, 2.05) is 84.9 Å². The summed E-state index contributed by atoms with van der Waals surface area (Å²) in [5.41, 5.74) is 1.06. The number of hydrogen-bond donors (Lipinski definition) is 1. The van der Waals surface area contributed by atoms with E-state index in [1.54, 1.807) is 0 Å². The van der Waals surface area contributed by atoms with Crippen molar-refractivity contribution in [3.63, 3.8) is 0 Å². The Hall–Kier alpha value is -2.93. The number of carbonyl (C=O) groups is 1. The number of rotatable bonds is 7. The van der Waals surface area contributed by atoms with Crippen LogP contribution in [-0.4, -0.2) is 12.1 Å². The Morgan fingerprint density at radius 3 is 1.35 bits per heavy atom. The molecule has 0 aliphatic rings. The first-order valence-electron chi connectivity index (χ1n) is 10.3. The van der Waals surface area contributed by atoms with Crippen molar-refractivity contribution in [3.8, 4) is 0 Å². The maximum atomic E-state index is 13.4. The molecule has 0 fully saturated rings. The van der Waals surface area contributed by atoms with Crippen LogP contribution in [0.25, 0.3) is 0 Å². The van der Waals surface area contributed by atoms with Crippen molar-refractivity contribution in [3.05, 3.63) is 127 Å². The van der Waals surface area contributed by atoms with Crippen LogP contribution in [-0.2, 0) is 11.3 Å². The first-order valence-corrected chi connectivity index (χ1v) is 13.6. The molecule has 4 heteroatoms. The fraction of sp³-hybridized carbons (Fsp3) is 0.0741. The maximum absolute atomic E-state index is 13.4. The monoisotopic (exact) mass is 445 g/mol. The third-order valence-corrected chi connectivity index (χ3v) is 12.8. The van der Waals surface area contributed by atoms with Crippen LogP contribution < -0.4 is 21.2 Å². The summed E-state index contributed by atoms with van der Waals surface area (Å²) in [6.07, 6.45) is 0.192. The van der Waals surface area contributed by atoms with Crippen molar-refractivity contribution in [2.75, 3.05) is 6.16 Å². The van der Waals surface area contributed by atoms with Gasteiger partial charge in [-0.05, 0) is 0 Å². The van der Waals surface area contributed by atoms with E-state index in [4.69, 9.17) is 11.2 Å². The minimum absolute atomic E-state index is 0.0620. The molecule has 31 heavy (non-hydrogen) atoms. The molecule has 2 nitrogen and oxygen atoms in total. The third-order valence-electron chi connectivity index (χ3n) is 5.66. The molecule has 0 saturated heterocycles. The summed E-state index contributed by atoms with van der Waals surface area (Å²) in [4.78, 5) is 13.4. The van der Waals surface area contributed by atoms with Gasteiger partial charge in [-0.25, -0.2) is 0 Å². The van der Waals surface area contributed by atoms with Gasteiger partial charge in [0, 0.05) is 0 Å². The van der Waals surface area contributed by atoms with Crippen molar-refractivity contribution >= 4 is 39.0 Å². The van der Waals surface area contributed by atoms with Crippen LogP contribution in [0.15, 0.2) is 121 Å². The zero-order valence-electron chi connectivity index (χ0n) is 17.2.